The average Bonchev–Trinajstić information content (AvgIpc) is 2.87. The first-order valence-electron chi connectivity index (χ1n) is 7.02. The number of amides is 3. The van der Waals surface area contributed by atoms with Gasteiger partial charge in [-0.25, -0.2) is 4.79 Å². The third-order valence-corrected chi connectivity index (χ3v) is 4.62. The van der Waals surface area contributed by atoms with Gasteiger partial charge in [0, 0.05) is 17.1 Å². The predicted molar refractivity (Wildman–Crippen MR) is 89.3 cm³/mol. The van der Waals surface area contributed by atoms with E-state index in [2.05, 4.69) is 17.6 Å². The van der Waals surface area contributed by atoms with Crippen LogP contribution in [0.2, 0.25) is 0 Å². The van der Waals surface area contributed by atoms with Gasteiger partial charge < -0.3 is 16.4 Å². The normalized spacial score (nSPS) is 10.3. The van der Waals surface area contributed by atoms with Gasteiger partial charge in [-0.1, -0.05) is 19.1 Å². The number of primary amides is 1. The number of carbonyl (C=O) groups is 2. The molecule has 0 aliphatic carbocycles. The highest BCUT2D eigenvalue weighted by Crippen LogP contribution is 2.22. The van der Waals surface area contributed by atoms with Gasteiger partial charge in [-0.3, -0.25) is 4.79 Å². The van der Waals surface area contributed by atoms with Crippen molar-refractivity contribution in [1.29, 1.82) is 0 Å². The Balaban J connectivity index is 1.94. The van der Waals surface area contributed by atoms with Crippen molar-refractivity contribution in [3.63, 3.8) is 0 Å². The molecule has 0 bridgehead atoms. The fraction of sp³-hybridized carbons (Fsp3) is 0.250. The fourth-order valence-corrected chi connectivity index (χ4v) is 3.13. The summed E-state index contributed by atoms with van der Waals surface area (Å²) in [7, 11) is 0. The second kappa shape index (κ2) is 7.09. The Morgan fingerprint density at radius 2 is 1.91 bits per heavy atom. The molecule has 0 spiro atoms. The SMILES string of the molecule is CCc1sc(C(=O)NCc2ccc(NC(N)=O)cc2)cc1C. The molecule has 2 rings (SSSR count). The Labute approximate surface area is 133 Å². The number of benzene rings is 1. The van der Waals surface area contributed by atoms with Crippen molar-refractivity contribution in [2.45, 2.75) is 26.8 Å². The highest BCUT2D eigenvalue weighted by atomic mass is 32.1. The quantitative estimate of drug-likeness (QED) is 0.792. The third-order valence-electron chi connectivity index (χ3n) is 3.24. The first-order chi connectivity index (χ1) is 10.5. The minimum absolute atomic E-state index is 0.0628. The molecule has 0 radical (unpaired) electrons. The lowest BCUT2D eigenvalue weighted by Gasteiger charge is -2.06. The summed E-state index contributed by atoms with van der Waals surface area (Å²) in [4.78, 5) is 24.9. The zero-order valence-electron chi connectivity index (χ0n) is 12.6. The second-order valence-electron chi connectivity index (χ2n) is 4.94. The molecule has 0 aliphatic heterocycles. The number of anilines is 1. The van der Waals surface area contributed by atoms with Crippen LogP contribution in [0.1, 0.15) is 32.6 Å². The number of aryl methyl sites for hydroxylation is 2. The van der Waals surface area contributed by atoms with E-state index >= 15 is 0 Å². The molecule has 22 heavy (non-hydrogen) atoms. The summed E-state index contributed by atoms with van der Waals surface area (Å²) in [5.74, 6) is -0.0628. The molecule has 4 N–H and O–H groups in total. The van der Waals surface area contributed by atoms with Crippen LogP contribution < -0.4 is 16.4 Å². The maximum Gasteiger partial charge on any atom is 0.316 e. The predicted octanol–water partition coefficient (Wildman–Crippen LogP) is 3.04. The Hall–Kier alpha value is -2.34. The van der Waals surface area contributed by atoms with Gasteiger partial charge in [0.05, 0.1) is 4.88 Å². The number of hydrogen-bond acceptors (Lipinski definition) is 3. The van der Waals surface area contributed by atoms with Gasteiger partial charge >= 0.3 is 6.03 Å². The zero-order valence-corrected chi connectivity index (χ0v) is 13.4. The van der Waals surface area contributed by atoms with Crippen LogP contribution in [0, 0.1) is 6.92 Å². The minimum atomic E-state index is -0.596. The van der Waals surface area contributed by atoms with E-state index in [1.165, 1.54) is 21.8 Å². The van der Waals surface area contributed by atoms with Crippen LogP contribution in [0.5, 0.6) is 0 Å². The van der Waals surface area contributed by atoms with E-state index in [0.29, 0.717) is 12.2 Å². The molecule has 0 fully saturated rings. The summed E-state index contributed by atoms with van der Waals surface area (Å²) >= 11 is 1.54. The number of urea groups is 1. The molecule has 5 nitrogen and oxygen atoms in total. The summed E-state index contributed by atoms with van der Waals surface area (Å²) in [5.41, 5.74) is 7.79. The molecule has 0 saturated heterocycles. The van der Waals surface area contributed by atoms with Crippen LogP contribution in [0.4, 0.5) is 10.5 Å². The standard InChI is InChI=1S/C16H19N3O2S/c1-3-13-10(2)8-14(22-13)15(20)18-9-11-4-6-12(7-5-11)19-16(17)21/h4-8H,3,9H2,1-2H3,(H,18,20)(H3,17,19,21). The molecule has 2 aromatic rings. The van der Waals surface area contributed by atoms with Crippen molar-refractivity contribution in [2.75, 3.05) is 5.32 Å². The first-order valence-corrected chi connectivity index (χ1v) is 7.84. The lowest BCUT2D eigenvalue weighted by atomic mass is 10.2. The number of hydrogen-bond donors (Lipinski definition) is 3. The largest absolute Gasteiger partial charge is 0.351 e. The Morgan fingerprint density at radius 3 is 2.45 bits per heavy atom. The topological polar surface area (TPSA) is 84.2 Å². The lowest BCUT2D eigenvalue weighted by molar-refractivity contribution is 0.0955. The zero-order chi connectivity index (χ0) is 16.1. The summed E-state index contributed by atoms with van der Waals surface area (Å²) in [6.45, 7) is 4.55. The van der Waals surface area contributed by atoms with Crippen LogP contribution >= 0.6 is 11.3 Å². The third kappa shape index (κ3) is 4.08. The Morgan fingerprint density at radius 1 is 1.23 bits per heavy atom. The van der Waals surface area contributed by atoms with Gasteiger partial charge in [0.15, 0.2) is 0 Å². The van der Waals surface area contributed by atoms with Crippen LogP contribution in [-0.4, -0.2) is 11.9 Å². The van der Waals surface area contributed by atoms with E-state index in [9.17, 15) is 9.59 Å². The molecule has 0 unspecified atom stereocenters. The van der Waals surface area contributed by atoms with Gasteiger partial charge in [-0.05, 0) is 42.7 Å². The summed E-state index contributed by atoms with van der Waals surface area (Å²) in [5, 5.41) is 5.39. The smallest absolute Gasteiger partial charge is 0.316 e. The molecule has 0 saturated carbocycles. The van der Waals surface area contributed by atoms with Crippen molar-refractivity contribution in [1.82, 2.24) is 5.32 Å². The van der Waals surface area contributed by atoms with Crippen molar-refractivity contribution in [3.8, 4) is 0 Å². The van der Waals surface area contributed by atoms with E-state index in [1.807, 2.05) is 25.1 Å². The molecule has 116 valence electrons. The Kier molecular flexibility index (Phi) is 5.16. The molecule has 3 amide bonds. The molecule has 1 heterocycles. The maximum absolute atomic E-state index is 12.1. The molecule has 1 aromatic carbocycles. The van der Waals surface area contributed by atoms with E-state index < -0.39 is 6.03 Å². The van der Waals surface area contributed by atoms with Gasteiger partial charge in [0.25, 0.3) is 5.91 Å². The number of rotatable bonds is 5. The van der Waals surface area contributed by atoms with Crippen molar-refractivity contribution in [2.24, 2.45) is 5.73 Å². The lowest BCUT2D eigenvalue weighted by Crippen LogP contribution is -2.22. The van der Waals surface area contributed by atoms with E-state index in [-0.39, 0.29) is 5.91 Å². The van der Waals surface area contributed by atoms with E-state index in [0.717, 1.165) is 16.9 Å². The fourth-order valence-electron chi connectivity index (χ4n) is 2.10. The van der Waals surface area contributed by atoms with Crippen LogP contribution in [0.25, 0.3) is 0 Å². The molecule has 0 atom stereocenters. The van der Waals surface area contributed by atoms with Crippen molar-refractivity contribution >= 4 is 29.0 Å². The highest BCUT2D eigenvalue weighted by molar-refractivity contribution is 7.14. The molecule has 6 heteroatoms. The van der Waals surface area contributed by atoms with E-state index in [1.54, 1.807) is 12.1 Å². The van der Waals surface area contributed by atoms with Gasteiger partial charge in [0.1, 0.15) is 0 Å². The summed E-state index contributed by atoms with van der Waals surface area (Å²) in [6.07, 6.45) is 0.943. The number of thiophene rings is 1. The molecule has 0 aliphatic rings. The van der Waals surface area contributed by atoms with Crippen molar-refractivity contribution < 1.29 is 9.59 Å². The van der Waals surface area contributed by atoms with Crippen LogP contribution in [-0.2, 0) is 13.0 Å². The summed E-state index contributed by atoms with van der Waals surface area (Å²) in [6, 6.07) is 8.50. The number of nitrogens with one attached hydrogen (secondary N) is 2. The van der Waals surface area contributed by atoms with Gasteiger partial charge in [-0.15, -0.1) is 11.3 Å². The molecular weight excluding hydrogens is 298 g/mol. The molecule has 1 aromatic heterocycles. The van der Waals surface area contributed by atoms with Gasteiger partial charge in [0.2, 0.25) is 0 Å². The maximum atomic E-state index is 12.1. The Bertz CT molecular complexity index is 677. The number of nitrogens with two attached hydrogens (primary N) is 1. The summed E-state index contributed by atoms with van der Waals surface area (Å²) < 4.78 is 0. The minimum Gasteiger partial charge on any atom is -0.351 e. The van der Waals surface area contributed by atoms with Crippen LogP contribution in [0.3, 0.4) is 0 Å². The first kappa shape index (κ1) is 16.0. The van der Waals surface area contributed by atoms with Crippen LogP contribution in [0.15, 0.2) is 30.3 Å². The van der Waals surface area contributed by atoms with E-state index in [4.69, 9.17) is 5.73 Å². The number of carbonyl (C=O) groups excluding carboxylic acids is 2. The van der Waals surface area contributed by atoms with Crippen molar-refractivity contribution in [3.05, 3.63) is 51.2 Å². The molecular formula is C16H19N3O2S. The highest BCUT2D eigenvalue weighted by Gasteiger charge is 2.11. The second-order valence-corrected chi connectivity index (χ2v) is 6.08. The van der Waals surface area contributed by atoms with Gasteiger partial charge in [-0.2, -0.15) is 0 Å². The average molecular weight is 317 g/mol. The monoisotopic (exact) mass is 317 g/mol.